The molecule has 3 aromatic rings. The van der Waals surface area contributed by atoms with Crippen molar-refractivity contribution < 1.29 is 0 Å². The molecular formula is C20H22BrN5. The Kier molecular flexibility index (Phi) is 6.07. The molecule has 1 atom stereocenters. The molecule has 0 aliphatic heterocycles. The summed E-state index contributed by atoms with van der Waals surface area (Å²) in [6.07, 6.45) is 3.72. The van der Waals surface area contributed by atoms with Gasteiger partial charge in [0, 0.05) is 30.5 Å². The number of hydrogen-bond donors (Lipinski definition) is 2. The molecule has 0 radical (unpaired) electrons. The smallest absolute Gasteiger partial charge is 0.191 e. The third-order valence-electron chi connectivity index (χ3n) is 4.09. The molecule has 6 heteroatoms. The Morgan fingerprint density at radius 2 is 2.00 bits per heavy atom. The van der Waals surface area contributed by atoms with Gasteiger partial charge >= 0.3 is 0 Å². The zero-order valence-electron chi connectivity index (χ0n) is 14.9. The normalized spacial score (nSPS) is 12.7. The molecule has 2 aromatic carbocycles. The fourth-order valence-corrected chi connectivity index (χ4v) is 2.89. The van der Waals surface area contributed by atoms with Crippen molar-refractivity contribution in [1.29, 1.82) is 0 Å². The quantitative estimate of drug-likeness (QED) is 0.491. The number of guanidine groups is 1. The van der Waals surface area contributed by atoms with Crippen LogP contribution in [0.1, 0.15) is 24.1 Å². The van der Waals surface area contributed by atoms with Crippen molar-refractivity contribution in [3.05, 3.63) is 82.6 Å². The Bertz CT molecular complexity index is 856. The molecule has 0 amide bonds. The maximum Gasteiger partial charge on any atom is 0.191 e. The van der Waals surface area contributed by atoms with E-state index in [1.54, 1.807) is 13.2 Å². The Labute approximate surface area is 162 Å². The van der Waals surface area contributed by atoms with Gasteiger partial charge < -0.3 is 10.6 Å². The molecule has 0 fully saturated rings. The fourth-order valence-electron chi connectivity index (χ4n) is 2.63. The second kappa shape index (κ2) is 8.67. The number of rotatable bonds is 5. The van der Waals surface area contributed by atoms with Crippen LogP contribution in [0.5, 0.6) is 0 Å². The number of halogens is 1. The maximum atomic E-state index is 4.33. The van der Waals surface area contributed by atoms with E-state index in [4.69, 9.17) is 0 Å². The summed E-state index contributed by atoms with van der Waals surface area (Å²) in [5.74, 6) is 0.768. The van der Waals surface area contributed by atoms with Crippen molar-refractivity contribution in [2.75, 3.05) is 7.05 Å². The number of aliphatic imine (C=N–C) groups is 1. The van der Waals surface area contributed by atoms with Crippen LogP contribution in [0.4, 0.5) is 0 Å². The van der Waals surface area contributed by atoms with E-state index in [2.05, 4.69) is 67.8 Å². The molecule has 134 valence electrons. The van der Waals surface area contributed by atoms with E-state index in [9.17, 15) is 0 Å². The van der Waals surface area contributed by atoms with Gasteiger partial charge in [0.1, 0.15) is 0 Å². The Morgan fingerprint density at radius 1 is 1.19 bits per heavy atom. The van der Waals surface area contributed by atoms with Gasteiger partial charge in [-0.3, -0.25) is 4.99 Å². The molecule has 3 rings (SSSR count). The predicted molar refractivity (Wildman–Crippen MR) is 109 cm³/mol. The van der Waals surface area contributed by atoms with Gasteiger partial charge in [-0.25, -0.2) is 4.68 Å². The summed E-state index contributed by atoms with van der Waals surface area (Å²) in [5, 5.41) is 11.1. The lowest BCUT2D eigenvalue weighted by Crippen LogP contribution is -2.38. The highest BCUT2D eigenvalue weighted by Crippen LogP contribution is 2.16. The minimum atomic E-state index is 0.113. The van der Waals surface area contributed by atoms with Gasteiger partial charge in [-0.1, -0.05) is 40.2 Å². The van der Waals surface area contributed by atoms with E-state index < -0.39 is 0 Å². The van der Waals surface area contributed by atoms with Crippen LogP contribution in [0.15, 0.2) is 76.5 Å². The molecule has 0 aliphatic rings. The summed E-state index contributed by atoms with van der Waals surface area (Å²) in [6, 6.07) is 18.6. The molecule has 0 aliphatic carbocycles. The van der Waals surface area contributed by atoms with Crippen LogP contribution < -0.4 is 10.6 Å². The molecule has 0 saturated carbocycles. The molecule has 5 nitrogen and oxygen atoms in total. The standard InChI is InChI=1S/C20H22BrN5/c1-15(17-5-3-6-19(13-17)26-12-4-11-24-26)25-20(22-2)23-14-16-7-9-18(21)10-8-16/h3-13,15H,14H2,1-2H3,(H2,22,23,25). The maximum absolute atomic E-state index is 4.33. The predicted octanol–water partition coefficient (Wildman–Crippen LogP) is 4.06. The Hall–Kier alpha value is -2.60. The highest BCUT2D eigenvalue weighted by molar-refractivity contribution is 9.10. The van der Waals surface area contributed by atoms with Crippen LogP contribution in [0.2, 0.25) is 0 Å². The Balaban J connectivity index is 1.63. The average molecular weight is 412 g/mol. The minimum absolute atomic E-state index is 0.113. The van der Waals surface area contributed by atoms with Gasteiger partial charge in [0.25, 0.3) is 0 Å². The van der Waals surface area contributed by atoms with Crippen molar-refractivity contribution in [2.45, 2.75) is 19.5 Å². The lowest BCUT2D eigenvalue weighted by Gasteiger charge is -2.19. The van der Waals surface area contributed by atoms with Crippen molar-refractivity contribution in [2.24, 2.45) is 4.99 Å². The summed E-state index contributed by atoms with van der Waals surface area (Å²) < 4.78 is 2.94. The van der Waals surface area contributed by atoms with E-state index >= 15 is 0 Å². The molecule has 1 heterocycles. The Morgan fingerprint density at radius 3 is 2.69 bits per heavy atom. The van der Waals surface area contributed by atoms with E-state index in [1.807, 2.05) is 41.2 Å². The molecule has 2 N–H and O–H groups in total. The number of nitrogens with zero attached hydrogens (tertiary/aromatic N) is 3. The van der Waals surface area contributed by atoms with Gasteiger partial charge in [0.2, 0.25) is 0 Å². The van der Waals surface area contributed by atoms with Crippen molar-refractivity contribution in [3.63, 3.8) is 0 Å². The third kappa shape index (κ3) is 4.73. The summed E-state index contributed by atoms with van der Waals surface area (Å²) in [7, 11) is 1.78. The van der Waals surface area contributed by atoms with Crippen LogP contribution in [-0.2, 0) is 6.54 Å². The molecule has 0 spiro atoms. The third-order valence-corrected chi connectivity index (χ3v) is 4.62. The lowest BCUT2D eigenvalue weighted by atomic mass is 10.1. The molecule has 0 bridgehead atoms. The van der Waals surface area contributed by atoms with E-state index in [-0.39, 0.29) is 6.04 Å². The number of hydrogen-bond acceptors (Lipinski definition) is 2. The van der Waals surface area contributed by atoms with Crippen LogP contribution in [0, 0.1) is 0 Å². The van der Waals surface area contributed by atoms with Gasteiger partial charge in [-0.05, 0) is 48.4 Å². The lowest BCUT2D eigenvalue weighted by molar-refractivity contribution is 0.684. The van der Waals surface area contributed by atoms with E-state index in [1.165, 1.54) is 11.1 Å². The first-order chi connectivity index (χ1) is 12.7. The first-order valence-corrected chi connectivity index (χ1v) is 9.26. The summed E-state index contributed by atoms with van der Waals surface area (Å²) in [6.45, 7) is 2.84. The molecule has 0 saturated heterocycles. The van der Waals surface area contributed by atoms with Crippen molar-refractivity contribution in [1.82, 2.24) is 20.4 Å². The number of aromatic nitrogens is 2. The minimum Gasteiger partial charge on any atom is -0.352 e. The van der Waals surface area contributed by atoms with Crippen LogP contribution in [0.25, 0.3) is 5.69 Å². The van der Waals surface area contributed by atoms with Gasteiger partial charge in [0.05, 0.1) is 11.7 Å². The fraction of sp³-hybridized carbons (Fsp3) is 0.200. The SMILES string of the molecule is CN=C(NCc1ccc(Br)cc1)NC(C)c1cccc(-n2cccn2)c1. The summed E-state index contributed by atoms with van der Waals surface area (Å²) >= 11 is 3.46. The van der Waals surface area contributed by atoms with Gasteiger partial charge in [-0.2, -0.15) is 5.10 Å². The second-order valence-electron chi connectivity index (χ2n) is 5.96. The first-order valence-electron chi connectivity index (χ1n) is 8.47. The highest BCUT2D eigenvalue weighted by Gasteiger charge is 2.09. The molecule has 1 aromatic heterocycles. The number of nitrogens with one attached hydrogen (secondary N) is 2. The molecule has 26 heavy (non-hydrogen) atoms. The van der Waals surface area contributed by atoms with Crippen molar-refractivity contribution >= 4 is 21.9 Å². The van der Waals surface area contributed by atoms with Crippen molar-refractivity contribution in [3.8, 4) is 5.69 Å². The monoisotopic (exact) mass is 411 g/mol. The zero-order valence-corrected chi connectivity index (χ0v) is 16.4. The topological polar surface area (TPSA) is 54.2 Å². The second-order valence-corrected chi connectivity index (χ2v) is 6.88. The van der Waals surface area contributed by atoms with E-state index in [0.717, 1.165) is 16.1 Å². The number of benzene rings is 2. The van der Waals surface area contributed by atoms with E-state index in [0.29, 0.717) is 6.54 Å². The van der Waals surface area contributed by atoms with Gasteiger partial charge in [-0.15, -0.1) is 0 Å². The highest BCUT2D eigenvalue weighted by atomic mass is 79.9. The largest absolute Gasteiger partial charge is 0.352 e. The summed E-state index contributed by atoms with van der Waals surface area (Å²) in [5.41, 5.74) is 3.41. The average Bonchev–Trinajstić information content (AvgIpc) is 3.21. The molecular weight excluding hydrogens is 390 g/mol. The summed E-state index contributed by atoms with van der Waals surface area (Å²) in [4.78, 5) is 4.33. The zero-order chi connectivity index (χ0) is 18.4. The first kappa shape index (κ1) is 18.2. The van der Waals surface area contributed by atoms with Gasteiger partial charge in [0.15, 0.2) is 5.96 Å². The van der Waals surface area contributed by atoms with Crippen LogP contribution >= 0.6 is 15.9 Å². The van der Waals surface area contributed by atoms with Crippen LogP contribution in [-0.4, -0.2) is 22.8 Å². The molecule has 1 unspecified atom stereocenters. The van der Waals surface area contributed by atoms with Crippen LogP contribution in [0.3, 0.4) is 0 Å².